The lowest BCUT2D eigenvalue weighted by Gasteiger charge is -2.12. The molecule has 24 heavy (non-hydrogen) atoms. The van der Waals surface area contributed by atoms with E-state index in [-0.39, 0.29) is 5.91 Å². The number of esters is 1. The maximum absolute atomic E-state index is 12.3. The molecule has 2 aromatic rings. The Kier molecular flexibility index (Phi) is 5.30. The normalized spacial score (nSPS) is 15.0. The molecule has 5 heteroatoms. The van der Waals surface area contributed by atoms with Crippen LogP contribution in [-0.4, -0.2) is 18.0 Å². The molecule has 1 amide bonds. The van der Waals surface area contributed by atoms with Gasteiger partial charge in [0, 0.05) is 10.6 Å². The molecule has 0 unspecified atom stereocenters. The van der Waals surface area contributed by atoms with Crippen molar-refractivity contribution >= 4 is 28.9 Å². The topological polar surface area (TPSA) is 55.4 Å². The molecule has 0 fully saturated rings. The molecule has 3 rings (SSSR count). The number of hydrogen-bond acceptors (Lipinski definition) is 4. The zero-order valence-electron chi connectivity index (χ0n) is 13.7. The number of nitrogens with one attached hydrogen (secondary N) is 1. The summed E-state index contributed by atoms with van der Waals surface area (Å²) in [7, 11) is 0. The Morgan fingerprint density at radius 3 is 2.67 bits per heavy atom. The standard InChI is InChI=1S/C19H21NO3S/c1-13(18(21)20-15-9-5-3-6-10-15)23-19(22)17-12-14-8-4-2-7-11-16(14)24-17/h3,5-6,9-10,12-13H,2,4,7-8,11H2,1H3,(H,20,21)/t13-/m1/s1. The van der Waals surface area contributed by atoms with Gasteiger partial charge in [-0.1, -0.05) is 24.6 Å². The highest BCUT2D eigenvalue weighted by molar-refractivity contribution is 7.14. The summed E-state index contributed by atoms with van der Waals surface area (Å²) in [4.78, 5) is 26.3. The number of amides is 1. The van der Waals surface area contributed by atoms with E-state index in [0.29, 0.717) is 10.6 Å². The van der Waals surface area contributed by atoms with E-state index in [1.165, 1.54) is 41.0 Å². The van der Waals surface area contributed by atoms with Gasteiger partial charge in [-0.15, -0.1) is 11.3 Å². The first-order valence-electron chi connectivity index (χ1n) is 8.32. The summed E-state index contributed by atoms with van der Waals surface area (Å²) in [5.41, 5.74) is 1.96. The zero-order valence-corrected chi connectivity index (χ0v) is 14.5. The number of hydrogen-bond donors (Lipinski definition) is 1. The molecule has 1 aliphatic rings. The van der Waals surface area contributed by atoms with E-state index >= 15 is 0 Å². The SMILES string of the molecule is C[C@@H](OC(=O)c1cc2c(s1)CCCCC2)C(=O)Nc1ccccc1. The fourth-order valence-corrected chi connectivity index (χ4v) is 3.94. The fraction of sp³-hybridized carbons (Fsp3) is 0.368. The second kappa shape index (κ2) is 7.62. The van der Waals surface area contributed by atoms with Crippen molar-refractivity contribution in [2.24, 2.45) is 0 Å². The molecular formula is C19H21NO3S. The predicted octanol–water partition coefficient (Wildman–Crippen LogP) is 4.20. The molecule has 0 bridgehead atoms. The number of fused-ring (bicyclic) bond motifs is 1. The molecule has 0 saturated heterocycles. The number of carbonyl (C=O) groups is 2. The van der Waals surface area contributed by atoms with Crippen LogP contribution in [0.3, 0.4) is 0 Å². The molecule has 1 atom stereocenters. The number of aryl methyl sites for hydroxylation is 2. The summed E-state index contributed by atoms with van der Waals surface area (Å²) < 4.78 is 5.34. The van der Waals surface area contributed by atoms with Crippen LogP contribution in [0.4, 0.5) is 5.69 Å². The van der Waals surface area contributed by atoms with Crippen molar-refractivity contribution in [1.29, 1.82) is 0 Å². The van der Waals surface area contributed by atoms with Gasteiger partial charge in [-0.3, -0.25) is 4.79 Å². The number of carbonyl (C=O) groups excluding carboxylic acids is 2. The Hall–Kier alpha value is -2.14. The van der Waals surface area contributed by atoms with Crippen LogP contribution in [-0.2, 0) is 22.4 Å². The third kappa shape index (κ3) is 4.03. The van der Waals surface area contributed by atoms with Crippen LogP contribution in [0.5, 0.6) is 0 Å². The molecular weight excluding hydrogens is 322 g/mol. The quantitative estimate of drug-likeness (QED) is 0.668. The first kappa shape index (κ1) is 16.7. The Balaban J connectivity index is 1.60. The van der Waals surface area contributed by atoms with Crippen LogP contribution >= 0.6 is 11.3 Å². The smallest absolute Gasteiger partial charge is 0.349 e. The van der Waals surface area contributed by atoms with Gasteiger partial charge >= 0.3 is 5.97 Å². The first-order valence-corrected chi connectivity index (χ1v) is 9.13. The van der Waals surface area contributed by atoms with Gasteiger partial charge in [0.1, 0.15) is 4.88 Å². The summed E-state index contributed by atoms with van der Waals surface area (Å²) in [6.45, 7) is 1.59. The molecule has 1 heterocycles. The molecule has 0 saturated carbocycles. The number of para-hydroxylation sites is 1. The Labute approximate surface area is 145 Å². The maximum Gasteiger partial charge on any atom is 0.349 e. The van der Waals surface area contributed by atoms with Crippen molar-refractivity contribution in [3.05, 3.63) is 51.7 Å². The van der Waals surface area contributed by atoms with Crippen LogP contribution in [0.1, 0.15) is 46.3 Å². The van der Waals surface area contributed by atoms with Crippen molar-refractivity contribution in [3.8, 4) is 0 Å². The highest BCUT2D eigenvalue weighted by Crippen LogP contribution is 2.29. The van der Waals surface area contributed by atoms with Gasteiger partial charge in [0.15, 0.2) is 6.10 Å². The largest absolute Gasteiger partial charge is 0.448 e. The van der Waals surface area contributed by atoms with Crippen LogP contribution < -0.4 is 5.32 Å². The molecule has 126 valence electrons. The van der Waals surface area contributed by atoms with Gasteiger partial charge in [-0.05, 0) is 56.4 Å². The molecule has 1 aromatic heterocycles. The monoisotopic (exact) mass is 343 g/mol. The fourth-order valence-electron chi connectivity index (χ4n) is 2.81. The van der Waals surface area contributed by atoms with Gasteiger partial charge in [-0.25, -0.2) is 4.79 Å². The molecule has 0 radical (unpaired) electrons. The molecule has 0 aliphatic heterocycles. The second-order valence-corrected chi connectivity index (χ2v) is 7.16. The van der Waals surface area contributed by atoms with Crippen LogP contribution in [0, 0.1) is 0 Å². The minimum absolute atomic E-state index is 0.326. The van der Waals surface area contributed by atoms with Crippen LogP contribution in [0.15, 0.2) is 36.4 Å². The van der Waals surface area contributed by atoms with E-state index in [9.17, 15) is 9.59 Å². The van der Waals surface area contributed by atoms with Gasteiger partial charge in [0.05, 0.1) is 0 Å². The van der Waals surface area contributed by atoms with Gasteiger partial charge in [-0.2, -0.15) is 0 Å². The number of benzene rings is 1. The van der Waals surface area contributed by atoms with Gasteiger partial charge in [0.25, 0.3) is 5.91 Å². The van der Waals surface area contributed by atoms with E-state index in [1.54, 1.807) is 19.1 Å². The average Bonchev–Trinajstić information content (AvgIpc) is 2.87. The lowest BCUT2D eigenvalue weighted by molar-refractivity contribution is -0.123. The highest BCUT2D eigenvalue weighted by atomic mass is 32.1. The first-order chi connectivity index (χ1) is 11.6. The third-order valence-electron chi connectivity index (χ3n) is 4.14. The summed E-state index contributed by atoms with van der Waals surface area (Å²) in [5.74, 6) is -0.739. The molecule has 0 spiro atoms. The maximum atomic E-state index is 12.3. The van der Waals surface area contributed by atoms with Crippen molar-refractivity contribution < 1.29 is 14.3 Å². The molecule has 4 nitrogen and oxygen atoms in total. The average molecular weight is 343 g/mol. The van der Waals surface area contributed by atoms with E-state index in [0.717, 1.165) is 12.8 Å². The minimum atomic E-state index is -0.834. The van der Waals surface area contributed by atoms with Crippen molar-refractivity contribution in [3.63, 3.8) is 0 Å². The second-order valence-electron chi connectivity index (χ2n) is 6.02. The number of anilines is 1. The molecule has 1 aliphatic carbocycles. The summed E-state index contributed by atoms with van der Waals surface area (Å²) in [6.07, 6.45) is 4.84. The van der Waals surface area contributed by atoms with Crippen LogP contribution in [0.2, 0.25) is 0 Å². The summed E-state index contributed by atoms with van der Waals surface area (Å²) in [6, 6.07) is 11.1. The number of thiophene rings is 1. The Bertz CT molecular complexity index is 700. The Morgan fingerprint density at radius 1 is 1.12 bits per heavy atom. The van der Waals surface area contributed by atoms with E-state index in [1.807, 2.05) is 24.3 Å². The lowest BCUT2D eigenvalue weighted by atomic mass is 10.1. The molecule has 1 aromatic carbocycles. The minimum Gasteiger partial charge on any atom is -0.448 e. The van der Waals surface area contributed by atoms with Gasteiger partial charge in [0.2, 0.25) is 0 Å². The third-order valence-corrected chi connectivity index (χ3v) is 5.36. The van der Waals surface area contributed by atoms with Crippen molar-refractivity contribution in [1.82, 2.24) is 0 Å². The van der Waals surface area contributed by atoms with E-state index in [4.69, 9.17) is 4.74 Å². The Morgan fingerprint density at radius 2 is 1.88 bits per heavy atom. The zero-order chi connectivity index (χ0) is 16.9. The summed E-state index contributed by atoms with van der Waals surface area (Å²) >= 11 is 1.51. The van der Waals surface area contributed by atoms with Crippen molar-refractivity contribution in [2.75, 3.05) is 5.32 Å². The summed E-state index contributed by atoms with van der Waals surface area (Å²) in [5, 5.41) is 2.74. The van der Waals surface area contributed by atoms with Crippen LogP contribution in [0.25, 0.3) is 0 Å². The van der Waals surface area contributed by atoms with Gasteiger partial charge < -0.3 is 10.1 Å². The number of rotatable bonds is 4. The van der Waals surface area contributed by atoms with Crippen molar-refractivity contribution in [2.45, 2.75) is 45.1 Å². The van der Waals surface area contributed by atoms with E-state index < -0.39 is 12.1 Å². The lowest BCUT2D eigenvalue weighted by Crippen LogP contribution is -2.29. The molecule has 1 N–H and O–H groups in total. The predicted molar refractivity (Wildman–Crippen MR) is 95.5 cm³/mol. The highest BCUT2D eigenvalue weighted by Gasteiger charge is 2.22. The number of ether oxygens (including phenoxy) is 1. The van der Waals surface area contributed by atoms with E-state index in [2.05, 4.69) is 5.32 Å².